The van der Waals surface area contributed by atoms with Gasteiger partial charge in [0.2, 0.25) is 10.0 Å². The predicted octanol–water partition coefficient (Wildman–Crippen LogP) is 1.43. The Bertz CT molecular complexity index is 598. The van der Waals surface area contributed by atoms with E-state index in [1.54, 1.807) is 31.2 Å². The van der Waals surface area contributed by atoms with E-state index in [0.29, 0.717) is 6.54 Å². The van der Waals surface area contributed by atoms with E-state index < -0.39 is 16.0 Å². The van der Waals surface area contributed by atoms with E-state index in [1.807, 2.05) is 4.90 Å². The lowest BCUT2D eigenvalue weighted by molar-refractivity contribution is -0.137. The van der Waals surface area contributed by atoms with Crippen LogP contribution in [0.3, 0.4) is 0 Å². The molecule has 0 amide bonds. The van der Waals surface area contributed by atoms with Crippen LogP contribution in [0.5, 0.6) is 0 Å². The lowest BCUT2D eigenvalue weighted by atomic mass is 10.1. The molecule has 1 heterocycles. The number of nitrogens with one attached hydrogen (secondary N) is 1. The number of carboxylic acids is 1. The molecular formula is C14H20N2O4S. The van der Waals surface area contributed by atoms with Crippen molar-refractivity contribution in [1.29, 1.82) is 0 Å². The summed E-state index contributed by atoms with van der Waals surface area (Å²) in [7, 11) is -3.45. The van der Waals surface area contributed by atoms with Crippen molar-refractivity contribution in [2.24, 2.45) is 0 Å². The molecule has 1 aliphatic heterocycles. The van der Waals surface area contributed by atoms with Crippen LogP contribution in [-0.2, 0) is 14.8 Å². The first-order valence-corrected chi connectivity index (χ1v) is 8.50. The Morgan fingerprint density at radius 2 is 2.05 bits per heavy atom. The van der Waals surface area contributed by atoms with Crippen LogP contribution in [0.2, 0.25) is 0 Å². The number of hydrogen-bond donors (Lipinski definition) is 2. The zero-order chi connectivity index (χ0) is 15.5. The molecule has 1 unspecified atom stereocenters. The van der Waals surface area contributed by atoms with Crippen molar-refractivity contribution in [2.75, 3.05) is 18.0 Å². The monoisotopic (exact) mass is 312 g/mol. The van der Waals surface area contributed by atoms with E-state index in [1.165, 1.54) is 0 Å². The Kier molecular flexibility index (Phi) is 4.84. The minimum absolute atomic E-state index is 0.0151. The van der Waals surface area contributed by atoms with Crippen LogP contribution >= 0.6 is 0 Å². The average Bonchev–Trinajstić information content (AvgIpc) is 2.86. The number of sulfonamides is 1. The van der Waals surface area contributed by atoms with Crippen LogP contribution < -0.4 is 9.62 Å². The Morgan fingerprint density at radius 3 is 2.62 bits per heavy atom. The van der Waals surface area contributed by atoms with Gasteiger partial charge in [-0.3, -0.25) is 4.79 Å². The largest absolute Gasteiger partial charge is 0.481 e. The van der Waals surface area contributed by atoms with Crippen LogP contribution in [0, 0.1) is 0 Å². The summed E-state index contributed by atoms with van der Waals surface area (Å²) in [5.41, 5.74) is 0.870. The average molecular weight is 312 g/mol. The summed E-state index contributed by atoms with van der Waals surface area (Å²) in [6, 6.07) is 6.58. The fraction of sp³-hybridized carbons (Fsp3) is 0.500. The number of benzene rings is 1. The van der Waals surface area contributed by atoms with Crippen molar-refractivity contribution in [3.8, 4) is 0 Å². The topological polar surface area (TPSA) is 86.7 Å². The Hall–Kier alpha value is -1.60. The minimum Gasteiger partial charge on any atom is -0.481 e. The van der Waals surface area contributed by atoms with Gasteiger partial charge in [-0.2, -0.15) is 0 Å². The lowest BCUT2D eigenvalue weighted by Gasteiger charge is -2.25. The summed E-state index contributed by atoms with van der Waals surface area (Å²) in [5.74, 6) is -0.807. The third-order valence-electron chi connectivity index (χ3n) is 3.60. The molecule has 0 aliphatic carbocycles. The van der Waals surface area contributed by atoms with E-state index in [9.17, 15) is 13.2 Å². The van der Waals surface area contributed by atoms with Crippen molar-refractivity contribution < 1.29 is 18.3 Å². The second-order valence-corrected chi connectivity index (χ2v) is 6.85. The van der Waals surface area contributed by atoms with Gasteiger partial charge in [0.25, 0.3) is 0 Å². The lowest BCUT2D eigenvalue weighted by Crippen LogP contribution is -2.31. The molecule has 0 radical (unpaired) electrons. The highest BCUT2D eigenvalue weighted by atomic mass is 32.2. The number of anilines is 1. The van der Waals surface area contributed by atoms with Gasteiger partial charge >= 0.3 is 5.97 Å². The van der Waals surface area contributed by atoms with E-state index in [2.05, 4.69) is 4.72 Å². The number of rotatable bonds is 6. The van der Waals surface area contributed by atoms with Gasteiger partial charge in [0.05, 0.1) is 11.3 Å². The molecule has 0 aromatic heterocycles. The molecule has 1 saturated heterocycles. The van der Waals surface area contributed by atoms with Crippen molar-refractivity contribution in [3.63, 3.8) is 0 Å². The maximum absolute atomic E-state index is 11.9. The van der Waals surface area contributed by atoms with E-state index in [4.69, 9.17) is 5.11 Å². The summed E-state index contributed by atoms with van der Waals surface area (Å²) < 4.78 is 26.2. The molecule has 0 bridgehead atoms. The number of nitrogens with zero attached hydrogens (tertiary/aromatic N) is 1. The van der Waals surface area contributed by atoms with Crippen molar-refractivity contribution in [1.82, 2.24) is 4.72 Å². The minimum atomic E-state index is -3.45. The van der Waals surface area contributed by atoms with E-state index >= 15 is 0 Å². The SMILES string of the molecule is CCNS(=O)(=O)c1ccc(N2CCCC2CC(=O)O)cc1. The zero-order valence-electron chi connectivity index (χ0n) is 11.9. The Balaban J connectivity index is 2.17. The highest BCUT2D eigenvalue weighted by molar-refractivity contribution is 7.89. The van der Waals surface area contributed by atoms with Crippen LogP contribution in [0.25, 0.3) is 0 Å². The smallest absolute Gasteiger partial charge is 0.305 e. The molecule has 2 N–H and O–H groups in total. The molecular weight excluding hydrogens is 292 g/mol. The van der Waals surface area contributed by atoms with Crippen molar-refractivity contribution in [2.45, 2.75) is 37.1 Å². The van der Waals surface area contributed by atoms with Crippen LogP contribution in [-0.4, -0.2) is 38.6 Å². The second-order valence-electron chi connectivity index (χ2n) is 5.08. The molecule has 1 atom stereocenters. The van der Waals surface area contributed by atoms with Crippen LogP contribution in [0.1, 0.15) is 26.2 Å². The molecule has 1 aliphatic rings. The molecule has 6 nitrogen and oxygen atoms in total. The van der Waals surface area contributed by atoms with Gasteiger partial charge in [0.1, 0.15) is 0 Å². The molecule has 2 rings (SSSR count). The van der Waals surface area contributed by atoms with Gasteiger partial charge < -0.3 is 10.0 Å². The third-order valence-corrected chi connectivity index (χ3v) is 5.16. The number of hydrogen-bond acceptors (Lipinski definition) is 4. The predicted molar refractivity (Wildman–Crippen MR) is 79.9 cm³/mol. The summed E-state index contributed by atoms with van der Waals surface area (Å²) in [6.45, 7) is 2.88. The first-order chi connectivity index (χ1) is 9.94. The summed E-state index contributed by atoms with van der Waals surface area (Å²) >= 11 is 0. The maximum Gasteiger partial charge on any atom is 0.305 e. The second kappa shape index (κ2) is 6.44. The number of aliphatic carboxylic acids is 1. The molecule has 0 saturated carbocycles. The zero-order valence-corrected chi connectivity index (χ0v) is 12.8. The molecule has 21 heavy (non-hydrogen) atoms. The third kappa shape index (κ3) is 3.74. The van der Waals surface area contributed by atoms with Gasteiger partial charge in [-0.1, -0.05) is 6.92 Å². The molecule has 116 valence electrons. The standard InChI is InChI=1S/C14H20N2O4S/c1-2-15-21(19,20)13-7-5-11(6-8-13)16-9-3-4-12(16)10-14(17)18/h5-8,12,15H,2-4,9-10H2,1H3,(H,17,18). The molecule has 7 heteroatoms. The highest BCUT2D eigenvalue weighted by Crippen LogP contribution is 2.28. The van der Waals surface area contributed by atoms with Gasteiger partial charge in [-0.15, -0.1) is 0 Å². The Morgan fingerprint density at radius 1 is 1.38 bits per heavy atom. The van der Waals surface area contributed by atoms with Gasteiger partial charge in [-0.25, -0.2) is 13.1 Å². The maximum atomic E-state index is 11.9. The fourth-order valence-electron chi connectivity index (χ4n) is 2.68. The summed E-state index contributed by atoms with van der Waals surface area (Å²) in [4.78, 5) is 13.1. The highest BCUT2D eigenvalue weighted by Gasteiger charge is 2.27. The van der Waals surface area contributed by atoms with Crippen LogP contribution in [0.15, 0.2) is 29.2 Å². The van der Waals surface area contributed by atoms with Gasteiger partial charge in [-0.05, 0) is 37.1 Å². The van der Waals surface area contributed by atoms with Crippen molar-refractivity contribution >= 4 is 21.7 Å². The Labute approximate surface area is 124 Å². The van der Waals surface area contributed by atoms with Crippen molar-refractivity contribution in [3.05, 3.63) is 24.3 Å². The van der Waals surface area contributed by atoms with E-state index in [0.717, 1.165) is 25.1 Å². The first-order valence-electron chi connectivity index (χ1n) is 7.02. The van der Waals surface area contributed by atoms with E-state index in [-0.39, 0.29) is 17.4 Å². The quantitative estimate of drug-likeness (QED) is 0.830. The van der Waals surface area contributed by atoms with Gasteiger partial charge in [0, 0.05) is 24.8 Å². The normalized spacial score (nSPS) is 18.9. The molecule has 1 aromatic carbocycles. The summed E-state index contributed by atoms with van der Waals surface area (Å²) in [6.07, 6.45) is 1.91. The molecule has 1 aromatic rings. The van der Waals surface area contributed by atoms with Gasteiger partial charge in [0.15, 0.2) is 0 Å². The number of carboxylic acid groups (broad SMARTS) is 1. The fourth-order valence-corrected chi connectivity index (χ4v) is 3.72. The molecule has 0 spiro atoms. The summed E-state index contributed by atoms with van der Waals surface area (Å²) in [5, 5.41) is 8.93. The number of carbonyl (C=O) groups is 1. The van der Waals surface area contributed by atoms with Crippen LogP contribution in [0.4, 0.5) is 5.69 Å². The first kappa shape index (κ1) is 15.8. The molecule has 1 fully saturated rings.